The van der Waals surface area contributed by atoms with E-state index in [2.05, 4.69) is 5.73 Å². The van der Waals surface area contributed by atoms with Crippen LogP contribution < -0.4 is 10.8 Å². The minimum atomic E-state index is -1.02. The molecular weight excluding hydrogens is 178 g/mol. The van der Waals surface area contributed by atoms with Crippen molar-refractivity contribution in [2.75, 3.05) is 0 Å². The quantitative estimate of drug-likeness (QED) is 0.676. The number of carbonyl (C=O) groups excluding carboxylic acids is 1. The molecule has 1 atom stereocenters. The summed E-state index contributed by atoms with van der Waals surface area (Å²) in [5, 5.41) is 10.3. The molecule has 0 bridgehead atoms. The van der Waals surface area contributed by atoms with Crippen molar-refractivity contribution in [3.8, 4) is 0 Å². The van der Waals surface area contributed by atoms with Gasteiger partial charge in [0, 0.05) is 18.8 Å². The van der Waals surface area contributed by atoms with Gasteiger partial charge in [-0.25, -0.2) is 0 Å². The van der Waals surface area contributed by atoms with Gasteiger partial charge in [-0.3, -0.25) is 0 Å². The topological polar surface area (TPSA) is 67.8 Å². The fraction of sp³-hybridized carbons (Fsp3) is 0.364. The van der Waals surface area contributed by atoms with Crippen LogP contribution in [-0.4, -0.2) is 12.0 Å². The Morgan fingerprint density at radius 3 is 2.57 bits per heavy atom. The predicted molar refractivity (Wildman–Crippen MR) is 51.1 cm³/mol. The number of rotatable bonds is 5. The average molecular weight is 193 g/mol. The van der Waals surface area contributed by atoms with E-state index in [4.69, 9.17) is 0 Å². The molecule has 0 amide bonds. The van der Waals surface area contributed by atoms with Crippen molar-refractivity contribution in [3.05, 3.63) is 35.9 Å². The molecular formula is C11H15NO2. The predicted octanol–water partition coefficient (Wildman–Crippen LogP) is -0.630. The highest BCUT2D eigenvalue weighted by atomic mass is 16.4. The summed E-state index contributed by atoms with van der Waals surface area (Å²) in [5.74, 6) is -1.02. The number of quaternary nitrogens is 1. The molecule has 0 spiro atoms. The van der Waals surface area contributed by atoms with Crippen LogP contribution in [-0.2, 0) is 11.2 Å². The molecule has 0 aliphatic heterocycles. The minimum Gasteiger partial charge on any atom is -0.550 e. The zero-order valence-electron chi connectivity index (χ0n) is 8.11. The third-order valence-electron chi connectivity index (χ3n) is 2.14. The van der Waals surface area contributed by atoms with E-state index in [0.717, 1.165) is 12.8 Å². The normalized spacial score (nSPS) is 12.4. The molecule has 3 heteroatoms. The first-order valence-corrected chi connectivity index (χ1v) is 4.75. The van der Waals surface area contributed by atoms with Gasteiger partial charge in [-0.15, -0.1) is 0 Å². The first-order valence-electron chi connectivity index (χ1n) is 4.75. The van der Waals surface area contributed by atoms with E-state index in [1.807, 2.05) is 30.3 Å². The van der Waals surface area contributed by atoms with Gasteiger partial charge in [0.15, 0.2) is 0 Å². The van der Waals surface area contributed by atoms with Crippen LogP contribution in [0.5, 0.6) is 0 Å². The second kappa shape index (κ2) is 5.40. The Morgan fingerprint density at radius 1 is 1.36 bits per heavy atom. The maximum Gasteiger partial charge on any atom is 0.0899 e. The molecule has 3 nitrogen and oxygen atoms in total. The molecule has 14 heavy (non-hydrogen) atoms. The molecule has 0 fully saturated rings. The molecule has 0 aromatic heterocycles. The summed E-state index contributed by atoms with van der Waals surface area (Å²) >= 11 is 0. The second-order valence-corrected chi connectivity index (χ2v) is 3.47. The van der Waals surface area contributed by atoms with Crippen LogP contribution in [0.3, 0.4) is 0 Å². The first kappa shape index (κ1) is 10.7. The number of carbonyl (C=O) groups is 1. The minimum absolute atomic E-state index is 0.0484. The van der Waals surface area contributed by atoms with Crippen LogP contribution in [0.4, 0.5) is 0 Å². The number of benzene rings is 1. The lowest BCUT2D eigenvalue weighted by molar-refractivity contribution is -0.425. The van der Waals surface area contributed by atoms with E-state index in [9.17, 15) is 9.90 Å². The van der Waals surface area contributed by atoms with Crippen molar-refractivity contribution in [1.82, 2.24) is 0 Å². The van der Waals surface area contributed by atoms with Crippen LogP contribution >= 0.6 is 0 Å². The summed E-state index contributed by atoms with van der Waals surface area (Å²) in [4.78, 5) is 10.3. The van der Waals surface area contributed by atoms with Crippen molar-refractivity contribution in [2.45, 2.75) is 25.3 Å². The molecule has 0 heterocycles. The fourth-order valence-electron chi connectivity index (χ4n) is 1.35. The van der Waals surface area contributed by atoms with Gasteiger partial charge in [-0.2, -0.15) is 0 Å². The Balaban J connectivity index is 2.30. The number of carboxylic acid groups (broad SMARTS) is 1. The van der Waals surface area contributed by atoms with Gasteiger partial charge >= 0.3 is 0 Å². The van der Waals surface area contributed by atoms with Crippen molar-refractivity contribution >= 4 is 5.97 Å². The summed E-state index contributed by atoms with van der Waals surface area (Å²) in [6.45, 7) is 0. The van der Waals surface area contributed by atoms with Gasteiger partial charge in [-0.05, 0) is 12.0 Å². The number of aryl methyl sites for hydroxylation is 1. The number of hydrogen-bond donors (Lipinski definition) is 1. The van der Waals surface area contributed by atoms with Crippen molar-refractivity contribution < 1.29 is 15.6 Å². The summed E-state index contributed by atoms with van der Waals surface area (Å²) < 4.78 is 0. The van der Waals surface area contributed by atoms with E-state index in [1.165, 1.54) is 5.56 Å². The average Bonchev–Trinajstić information content (AvgIpc) is 2.15. The molecule has 0 radical (unpaired) electrons. The van der Waals surface area contributed by atoms with Gasteiger partial charge in [0.2, 0.25) is 0 Å². The third kappa shape index (κ3) is 4.05. The Kier molecular flexibility index (Phi) is 4.13. The van der Waals surface area contributed by atoms with E-state index in [1.54, 1.807) is 0 Å². The number of aliphatic carboxylic acids is 1. The summed E-state index contributed by atoms with van der Waals surface area (Å²) in [5.41, 5.74) is 4.99. The lowest BCUT2D eigenvalue weighted by atomic mass is 10.0. The van der Waals surface area contributed by atoms with Gasteiger partial charge in [0.05, 0.1) is 6.04 Å². The molecule has 3 N–H and O–H groups in total. The monoisotopic (exact) mass is 193 g/mol. The molecule has 0 unspecified atom stereocenters. The lowest BCUT2D eigenvalue weighted by Crippen LogP contribution is -2.62. The smallest absolute Gasteiger partial charge is 0.0899 e. The van der Waals surface area contributed by atoms with Crippen LogP contribution in [0.1, 0.15) is 18.4 Å². The SMILES string of the molecule is [NH3+][C@H](CCc1ccccc1)CC(=O)[O-]. The highest BCUT2D eigenvalue weighted by Gasteiger charge is 2.06. The van der Waals surface area contributed by atoms with Crippen LogP contribution in [0.2, 0.25) is 0 Å². The zero-order chi connectivity index (χ0) is 10.4. The van der Waals surface area contributed by atoms with Crippen LogP contribution in [0.25, 0.3) is 0 Å². The Hall–Kier alpha value is -1.35. The zero-order valence-corrected chi connectivity index (χ0v) is 8.11. The van der Waals surface area contributed by atoms with Crippen molar-refractivity contribution in [3.63, 3.8) is 0 Å². The molecule has 1 rings (SSSR count). The molecule has 1 aromatic carbocycles. The summed E-state index contributed by atoms with van der Waals surface area (Å²) in [6.07, 6.45) is 1.72. The van der Waals surface area contributed by atoms with Crippen molar-refractivity contribution in [2.24, 2.45) is 0 Å². The standard InChI is InChI=1S/C11H15NO2/c12-10(8-11(13)14)7-6-9-4-2-1-3-5-9/h1-5,10H,6-8,12H2,(H,13,14)/t10-/m1/s1. The molecule has 76 valence electrons. The van der Waals surface area contributed by atoms with E-state index in [-0.39, 0.29) is 12.5 Å². The van der Waals surface area contributed by atoms with Crippen LogP contribution in [0, 0.1) is 0 Å². The summed E-state index contributed by atoms with van der Waals surface area (Å²) in [6, 6.07) is 9.93. The van der Waals surface area contributed by atoms with E-state index >= 15 is 0 Å². The third-order valence-corrected chi connectivity index (χ3v) is 2.14. The molecule has 0 aliphatic carbocycles. The summed E-state index contributed by atoms with van der Waals surface area (Å²) in [7, 11) is 0. The highest BCUT2D eigenvalue weighted by molar-refractivity contribution is 5.64. The number of hydrogen-bond acceptors (Lipinski definition) is 2. The van der Waals surface area contributed by atoms with Gasteiger partial charge in [0.25, 0.3) is 0 Å². The van der Waals surface area contributed by atoms with E-state index < -0.39 is 5.97 Å². The molecule has 0 saturated carbocycles. The first-order chi connectivity index (χ1) is 6.68. The number of carboxylic acids is 1. The fourth-order valence-corrected chi connectivity index (χ4v) is 1.35. The van der Waals surface area contributed by atoms with Crippen molar-refractivity contribution in [1.29, 1.82) is 0 Å². The Labute approximate surface area is 83.6 Å². The van der Waals surface area contributed by atoms with Gasteiger partial charge in [-0.1, -0.05) is 30.3 Å². The Bertz CT molecular complexity index is 285. The largest absolute Gasteiger partial charge is 0.550 e. The second-order valence-electron chi connectivity index (χ2n) is 3.47. The van der Waals surface area contributed by atoms with Crippen LogP contribution in [0.15, 0.2) is 30.3 Å². The lowest BCUT2D eigenvalue weighted by Gasteiger charge is -2.08. The van der Waals surface area contributed by atoms with E-state index in [0.29, 0.717) is 0 Å². The maximum absolute atomic E-state index is 10.3. The Morgan fingerprint density at radius 2 is 2.00 bits per heavy atom. The molecule has 1 aromatic rings. The maximum atomic E-state index is 10.3. The van der Waals surface area contributed by atoms with Gasteiger partial charge in [0.1, 0.15) is 0 Å². The van der Waals surface area contributed by atoms with Gasteiger partial charge < -0.3 is 15.6 Å². The highest BCUT2D eigenvalue weighted by Crippen LogP contribution is 2.04. The molecule has 0 saturated heterocycles. The molecule has 0 aliphatic rings.